The van der Waals surface area contributed by atoms with Gasteiger partial charge in [0.2, 0.25) is 0 Å². The number of nitrogens with zero attached hydrogens (tertiary/aromatic N) is 2. The molecule has 1 aliphatic rings. The van der Waals surface area contributed by atoms with Crippen molar-refractivity contribution in [3.63, 3.8) is 0 Å². The molecule has 0 saturated carbocycles. The monoisotopic (exact) mass is 291 g/mol. The van der Waals surface area contributed by atoms with Crippen molar-refractivity contribution in [3.05, 3.63) is 41.0 Å². The molecule has 1 aromatic carbocycles. The van der Waals surface area contributed by atoms with Gasteiger partial charge in [-0.05, 0) is 30.3 Å². The van der Waals surface area contributed by atoms with E-state index in [1.54, 1.807) is 30.3 Å². The number of benzene rings is 1. The topological polar surface area (TPSA) is 73.3 Å². The number of aromatic nitrogens is 2. The first kappa shape index (κ1) is 12.7. The SMILES string of the molecule is O=C(Nc1ccc(Cl)nn1)c1ccc2c(c1)OCCO2. The van der Waals surface area contributed by atoms with E-state index >= 15 is 0 Å². The molecule has 0 saturated heterocycles. The summed E-state index contributed by atoms with van der Waals surface area (Å²) in [6.07, 6.45) is 0. The predicted molar refractivity (Wildman–Crippen MR) is 72.4 cm³/mol. The predicted octanol–water partition coefficient (Wildman–Crippen LogP) is 2.15. The van der Waals surface area contributed by atoms with Gasteiger partial charge in [-0.2, -0.15) is 0 Å². The minimum absolute atomic E-state index is 0.266. The number of hydrogen-bond acceptors (Lipinski definition) is 5. The lowest BCUT2D eigenvalue weighted by molar-refractivity contribution is 0.102. The largest absolute Gasteiger partial charge is 0.486 e. The quantitative estimate of drug-likeness (QED) is 0.918. The Balaban J connectivity index is 1.78. The summed E-state index contributed by atoms with van der Waals surface area (Å²) in [6, 6.07) is 8.12. The number of rotatable bonds is 2. The van der Waals surface area contributed by atoms with E-state index in [9.17, 15) is 4.79 Å². The van der Waals surface area contributed by atoms with Crippen LogP contribution in [0.15, 0.2) is 30.3 Å². The number of anilines is 1. The molecule has 0 bridgehead atoms. The molecule has 0 radical (unpaired) electrons. The zero-order chi connectivity index (χ0) is 13.9. The van der Waals surface area contributed by atoms with Crippen molar-refractivity contribution in [2.45, 2.75) is 0 Å². The van der Waals surface area contributed by atoms with Crippen LogP contribution >= 0.6 is 11.6 Å². The smallest absolute Gasteiger partial charge is 0.257 e. The summed E-state index contributed by atoms with van der Waals surface area (Å²) in [5, 5.41) is 10.3. The molecule has 7 heteroatoms. The summed E-state index contributed by atoms with van der Waals surface area (Å²) in [4.78, 5) is 12.1. The van der Waals surface area contributed by atoms with Crippen LogP contribution in [0.1, 0.15) is 10.4 Å². The Bertz CT molecular complexity index is 646. The van der Waals surface area contributed by atoms with E-state index in [1.165, 1.54) is 0 Å². The van der Waals surface area contributed by atoms with Crippen LogP contribution < -0.4 is 14.8 Å². The third-order valence-electron chi connectivity index (χ3n) is 2.68. The van der Waals surface area contributed by atoms with E-state index in [2.05, 4.69) is 15.5 Å². The molecule has 0 unspecified atom stereocenters. The number of carbonyl (C=O) groups is 1. The van der Waals surface area contributed by atoms with Crippen molar-refractivity contribution < 1.29 is 14.3 Å². The van der Waals surface area contributed by atoms with Crippen LogP contribution in [0.2, 0.25) is 5.15 Å². The third kappa shape index (κ3) is 2.65. The lowest BCUT2D eigenvalue weighted by atomic mass is 10.2. The molecule has 0 atom stereocenters. The number of amides is 1. The highest BCUT2D eigenvalue weighted by Gasteiger charge is 2.15. The Labute approximate surface area is 119 Å². The van der Waals surface area contributed by atoms with Gasteiger partial charge in [-0.25, -0.2) is 0 Å². The molecule has 2 heterocycles. The zero-order valence-electron chi connectivity index (χ0n) is 10.3. The zero-order valence-corrected chi connectivity index (χ0v) is 11.1. The Morgan fingerprint density at radius 1 is 1.10 bits per heavy atom. The van der Waals surface area contributed by atoms with Crippen molar-refractivity contribution in [3.8, 4) is 11.5 Å². The van der Waals surface area contributed by atoms with Gasteiger partial charge >= 0.3 is 0 Å². The van der Waals surface area contributed by atoms with Crippen LogP contribution in [0.3, 0.4) is 0 Å². The van der Waals surface area contributed by atoms with E-state index in [1.807, 2.05) is 0 Å². The molecule has 6 nitrogen and oxygen atoms in total. The van der Waals surface area contributed by atoms with Crippen molar-refractivity contribution in [1.29, 1.82) is 0 Å². The summed E-state index contributed by atoms with van der Waals surface area (Å²) in [5.41, 5.74) is 0.450. The van der Waals surface area contributed by atoms with Crippen LogP contribution in [0, 0.1) is 0 Å². The Morgan fingerprint density at radius 2 is 1.90 bits per heavy atom. The fourth-order valence-corrected chi connectivity index (χ4v) is 1.86. The third-order valence-corrected chi connectivity index (χ3v) is 2.88. The fourth-order valence-electron chi connectivity index (χ4n) is 1.76. The van der Waals surface area contributed by atoms with Gasteiger partial charge in [0.15, 0.2) is 22.5 Å². The first-order valence-electron chi connectivity index (χ1n) is 5.92. The Hall–Kier alpha value is -2.34. The number of carbonyl (C=O) groups excluding carboxylic acids is 1. The molecule has 0 fully saturated rings. The molecular weight excluding hydrogens is 282 g/mol. The highest BCUT2D eigenvalue weighted by atomic mass is 35.5. The second-order valence-electron chi connectivity index (χ2n) is 4.05. The lowest BCUT2D eigenvalue weighted by Crippen LogP contribution is -2.17. The fraction of sp³-hybridized carbons (Fsp3) is 0.154. The molecule has 3 rings (SSSR count). The van der Waals surface area contributed by atoms with Crippen molar-refractivity contribution >= 4 is 23.3 Å². The van der Waals surface area contributed by atoms with Crippen molar-refractivity contribution in [1.82, 2.24) is 10.2 Å². The average molecular weight is 292 g/mol. The summed E-state index contributed by atoms with van der Waals surface area (Å²) < 4.78 is 10.8. The highest BCUT2D eigenvalue weighted by molar-refractivity contribution is 6.29. The van der Waals surface area contributed by atoms with Crippen molar-refractivity contribution in [2.75, 3.05) is 18.5 Å². The molecule has 1 N–H and O–H groups in total. The maximum Gasteiger partial charge on any atom is 0.257 e. The van der Waals surface area contributed by atoms with E-state index in [-0.39, 0.29) is 11.1 Å². The first-order chi connectivity index (χ1) is 9.72. The number of nitrogens with one attached hydrogen (secondary N) is 1. The molecule has 2 aromatic rings. The van der Waals surface area contributed by atoms with Gasteiger partial charge in [0.25, 0.3) is 5.91 Å². The van der Waals surface area contributed by atoms with Crippen LogP contribution in [-0.2, 0) is 0 Å². The van der Waals surface area contributed by atoms with Gasteiger partial charge in [-0.3, -0.25) is 4.79 Å². The summed E-state index contributed by atoms with van der Waals surface area (Å²) in [5.74, 6) is 1.22. The average Bonchev–Trinajstić information content (AvgIpc) is 2.49. The molecular formula is C13H10ClN3O3. The second kappa shape index (κ2) is 5.34. The summed E-state index contributed by atoms with van der Waals surface area (Å²) >= 11 is 5.63. The van der Waals surface area contributed by atoms with Crippen LogP contribution in [0.25, 0.3) is 0 Å². The maximum atomic E-state index is 12.1. The van der Waals surface area contributed by atoms with E-state index in [4.69, 9.17) is 21.1 Å². The lowest BCUT2D eigenvalue weighted by Gasteiger charge is -2.18. The van der Waals surface area contributed by atoms with Crippen LogP contribution in [-0.4, -0.2) is 29.3 Å². The van der Waals surface area contributed by atoms with E-state index in [0.29, 0.717) is 36.1 Å². The standard InChI is InChI=1S/C13H10ClN3O3/c14-11-3-4-12(17-16-11)15-13(18)8-1-2-9-10(7-8)20-6-5-19-9/h1-4,7H,5-6H2,(H,15,17,18). The minimum Gasteiger partial charge on any atom is -0.486 e. The molecule has 0 aliphatic carbocycles. The highest BCUT2D eigenvalue weighted by Crippen LogP contribution is 2.30. The normalized spacial score (nSPS) is 12.8. The van der Waals surface area contributed by atoms with E-state index < -0.39 is 0 Å². The maximum absolute atomic E-state index is 12.1. The van der Waals surface area contributed by atoms with Crippen molar-refractivity contribution in [2.24, 2.45) is 0 Å². The Morgan fingerprint density at radius 3 is 2.65 bits per heavy atom. The second-order valence-corrected chi connectivity index (χ2v) is 4.44. The number of ether oxygens (including phenoxy) is 2. The molecule has 1 aliphatic heterocycles. The molecule has 1 amide bonds. The number of fused-ring (bicyclic) bond motifs is 1. The molecule has 102 valence electrons. The summed E-state index contributed by atoms with van der Waals surface area (Å²) in [7, 11) is 0. The van der Waals surface area contributed by atoms with Gasteiger partial charge in [0.05, 0.1) is 0 Å². The summed E-state index contributed by atoms with van der Waals surface area (Å²) in [6.45, 7) is 0.986. The first-order valence-corrected chi connectivity index (χ1v) is 6.30. The van der Waals surface area contributed by atoms with Gasteiger partial charge in [-0.15, -0.1) is 10.2 Å². The van der Waals surface area contributed by atoms with Gasteiger partial charge < -0.3 is 14.8 Å². The molecule has 0 spiro atoms. The van der Waals surface area contributed by atoms with Gasteiger partial charge in [0.1, 0.15) is 13.2 Å². The number of halogens is 1. The molecule has 1 aromatic heterocycles. The number of hydrogen-bond donors (Lipinski definition) is 1. The Kier molecular flexibility index (Phi) is 3.39. The molecule has 20 heavy (non-hydrogen) atoms. The van der Waals surface area contributed by atoms with Gasteiger partial charge in [0, 0.05) is 5.56 Å². The van der Waals surface area contributed by atoms with E-state index in [0.717, 1.165) is 0 Å². The van der Waals surface area contributed by atoms with Crippen LogP contribution in [0.4, 0.5) is 5.82 Å². The minimum atomic E-state index is -0.307. The van der Waals surface area contributed by atoms with Crippen LogP contribution in [0.5, 0.6) is 11.5 Å². The van der Waals surface area contributed by atoms with Gasteiger partial charge in [-0.1, -0.05) is 11.6 Å².